The summed E-state index contributed by atoms with van der Waals surface area (Å²) in [6.07, 6.45) is 4.79. The lowest BCUT2D eigenvalue weighted by Gasteiger charge is -2.19. The van der Waals surface area contributed by atoms with Gasteiger partial charge in [-0.1, -0.05) is 28.1 Å². The minimum absolute atomic E-state index is 0.266. The van der Waals surface area contributed by atoms with Gasteiger partial charge in [0.2, 0.25) is 0 Å². The topological polar surface area (TPSA) is 29.9 Å². The summed E-state index contributed by atoms with van der Waals surface area (Å²) in [5, 5.41) is 3.38. The van der Waals surface area contributed by atoms with Crippen LogP contribution in [0.15, 0.2) is 35.1 Å². The van der Waals surface area contributed by atoms with Crippen LogP contribution < -0.4 is 5.32 Å². The van der Waals surface area contributed by atoms with Crippen LogP contribution in [-0.2, 0) is 13.0 Å². The maximum absolute atomic E-state index is 4.46. The first-order valence-electron chi connectivity index (χ1n) is 6.59. The maximum atomic E-state index is 4.46. The second-order valence-corrected chi connectivity index (χ2v) is 5.55. The highest BCUT2D eigenvalue weighted by molar-refractivity contribution is 9.10. The second-order valence-electron chi connectivity index (χ2n) is 4.70. The molecule has 4 heteroatoms. The highest BCUT2D eigenvalue weighted by atomic mass is 79.9. The Bertz CT molecular complexity index is 548. The van der Waals surface area contributed by atoms with Crippen LogP contribution >= 0.6 is 15.9 Å². The number of hydrogen-bond acceptors (Lipinski definition) is 2. The molecule has 0 spiro atoms. The van der Waals surface area contributed by atoms with Gasteiger partial charge in [0.25, 0.3) is 0 Å². The first kappa shape index (κ1) is 14.3. The molecule has 2 aromatic rings. The number of aryl methyl sites for hydroxylation is 2. The van der Waals surface area contributed by atoms with Crippen LogP contribution in [0, 0.1) is 6.92 Å². The molecule has 1 aromatic carbocycles. The van der Waals surface area contributed by atoms with Gasteiger partial charge in [0.05, 0.1) is 0 Å². The number of nitrogens with zero attached hydrogens (tertiary/aromatic N) is 2. The average molecular weight is 322 g/mol. The average Bonchev–Trinajstić information content (AvgIpc) is 2.84. The van der Waals surface area contributed by atoms with E-state index in [0.29, 0.717) is 0 Å². The van der Waals surface area contributed by atoms with Gasteiger partial charge < -0.3 is 9.88 Å². The van der Waals surface area contributed by atoms with E-state index in [9.17, 15) is 0 Å². The van der Waals surface area contributed by atoms with E-state index in [2.05, 4.69) is 62.8 Å². The Kier molecular flexibility index (Phi) is 4.77. The fourth-order valence-corrected chi connectivity index (χ4v) is 3.05. The van der Waals surface area contributed by atoms with Gasteiger partial charge in [-0.15, -0.1) is 0 Å². The summed E-state index contributed by atoms with van der Waals surface area (Å²) in [6.45, 7) is 5.20. The minimum Gasteiger partial charge on any atom is -0.335 e. The lowest BCUT2D eigenvalue weighted by Crippen LogP contribution is -2.21. The normalized spacial score (nSPS) is 12.6. The summed E-state index contributed by atoms with van der Waals surface area (Å²) in [5.41, 5.74) is 2.54. The highest BCUT2D eigenvalue weighted by Crippen LogP contribution is 2.26. The van der Waals surface area contributed by atoms with E-state index in [4.69, 9.17) is 0 Å². The zero-order chi connectivity index (χ0) is 13.8. The molecule has 0 amide bonds. The van der Waals surface area contributed by atoms with Gasteiger partial charge in [-0.3, -0.25) is 0 Å². The van der Waals surface area contributed by atoms with Crippen LogP contribution in [0.5, 0.6) is 0 Å². The van der Waals surface area contributed by atoms with E-state index in [-0.39, 0.29) is 6.04 Å². The van der Waals surface area contributed by atoms with Gasteiger partial charge in [0, 0.05) is 35.9 Å². The number of imidazole rings is 1. The summed E-state index contributed by atoms with van der Waals surface area (Å²) >= 11 is 3.66. The van der Waals surface area contributed by atoms with E-state index in [1.165, 1.54) is 11.1 Å². The summed E-state index contributed by atoms with van der Waals surface area (Å²) in [5.74, 6) is 1.12. The van der Waals surface area contributed by atoms with Crippen LogP contribution in [0.25, 0.3) is 0 Å². The summed E-state index contributed by atoms with van der Waals surface area (Å²) in [6, 6.07) is 6.75. The van der Waals surface area contributed by atoms with Gasteiger partial charge in [-0.2, -0.15) is 0 Å². The maximum Gasteiger partial charge on any atom is 0.110 e. The van der Waals surface area contributed by atoms with E-state index < -0.39 is 0 Å². The molecule has 0 aliphatic rings. The number of nitrogens with one attached hydrogen (secondary N) is 1. The Balaban J connectivity index is 2.25. The van der Waals surface area contributed by atoms with Gasteiger partial charge in [0.15, 0.2) is 0 Å². The molecule has 1 unspecified atom stereocenters. The number of benzene rings is 1. The molecular weight excluding hydrogens is 302 g/mol. The van der Waals surface area contributed by atoms with Crippen molar-refractivity contribution in [2.24, 2.45) is 0 Å². The second kappa shape index (κ2) is 6.35. The van der Waals surface area contributed by atoms with Crippen LogP contribution in [0.3, 0.4) is 0 Å². The smallest absolute Gasteiger partial charge is 0.110 e. The zero-order valence-electron chi connectivity index (χ0n) is 11.7. The Labute approximate surface area is 123 Å². The molecule has 0 radical (unpaired) electrons. The lowest BCUT2D eigenvalue weighted by atomic mass is 10.0. The van der Waals surface area contributed by atoms with Crippen LogP contribution in [-0.4, -0.2) is 16.6 Å². The van der Waals surface area contributed by atoms with E-state index in [1.807, 2.05) is 19.4 Å². The molecule has 3 nitrogen and oxygen atoms in total. The fraction of sp³-hybridized carbons (Fsp3) is 0.400. The Hall–Kier alpha value is -1.13. The van der Waals surface area contributed by atoms with Crippen molar-refractivity contribution in [2.45, 2.75) is 32.9 Å². The molecule has 0 fully saturated rings. The zero-order valence-corrected chi connectivity index (χ0v) is 13.2. The predicted octanol–water partition coefficient (Wildman–Crippen LogP) is 3.48. The molecule has 0 saturated heterocycles. The molecule has 1 heterocycles. The molecule has 0 saturated carbocycles. The highest BCUT2D eigenvalue weighted by Gasteiger charge is 2.15. The van der Waals surface area contributed by atoms with Gasteiger partial charge >= 0.3 is 0 Å². The third-order valence-corrected chi connectivity index (χ3v) is 4.10. The number of halogens is 1. The fourth-order valence-electron chi connectivity index (χ4n) is 2.28. The summed E-state index contributed by atoms with van der Waals surface area (Å²) < 4.78 is 3.34. The number of hydrogen-bond donors (Lipinski definition) is 1. The number of likely N-dealkylation sites (N-methyl/N-ethyl adjacent to an activating group) is 1. The summed E-state index contributed by atoms with van der Waals surface area (Å²) in [4.78, 5) is 4.46. The monoisotopic (exact) mass is 321 g/mol. The molecule has 0 bridgehead atoms. The van der Waals surface area contributed by atoms with Crippen LogP contribution in [0.2, 0.25) is 0 Å². The lowest BCUT2D eigenvalue weighted by molar-refractivity contribution is 0.551. The standard InChI is InChI=1S/C15H20BrN3/c1-4-19-8-7-18-15(19)10-14(17-3)12-6-5-11(2)9-13(12)16/h5-9,14,17H,4,10H2,1-3H3. The van der Waals surface area contributed by atoms with E-state index >= 15 is 0 Å². The molecule has 0 aliphatic carbocycles. The van der Waals surface area contributed by atoms with E-state index in [0.717, 1.165) is 23.3 Å². The molecule has 102 valence electrons. The molecule has 0 aliphatic heterocycles. The Morgan fingerprint density at radius 2 is 2.21 bits per heavy atom. The SMILES string of the molecule is CCn1ccnc1CC(NC)c1ccc(C)cc1Br. The quantitative estimate of drug-likeness (QED) is 0.913. The van der Waals surface area contributed by atoms with Gasteiger partial charge in [-0.05, 0) is 38.1 Å². The third kappa shape index (κ3) is 3.25. The molecule has 1 atom stereocenters. The molecule has 1 N–H and O–H groups in total. The predicted molar refractivity (Wildman–Crippen MR) is 82.3 cm³/mol. The van der Waals surface area contributed by atoms with Crippen LogP contribution in [0.1, 0.15) is 29.9 Å². The first-order chi connectivity index (χ1) is 9.15. The molecule has 2 rings (SSSR count). The van der Waals surface area contributed by atoms with Crippen molar-refractivity contribution in [1.82, 2.24) is 14.9 Å². The first-order valence-corrected chi connectivity index (χ1v) is 7.38. The van der Waals surface area contributed by atoms with E-state index in [1.54, 1.807) is 0 Å². The van der Waals surface area contributed by atoms with Crippen molar-refractivity contribution in [2.75, 3.05) is 7.05 Å². The largest absolute Gasteiger partial charge is 0.335 e. The molecule has 19 heavy (non-hydrogen) atoms. The van der Waals surface area contributed by atoms with Crippen molar-refractivity contribution in [3.63, 3.8) is 0 Å². The number of aromatic nitrogens is 2. The number of rotatable bonds is 5. The van der Waals surface area contributed by atoms with Gasteiger partial charge in [-0.25, -0.2) is 4.98 Å². The van der Waals surface area contributed by atoms with Crippen molar-refractivity contribution in [1.29, 1.82) is 0 Å². The Morgan fingerprint density at radius 3 is 2.84 bits per heavy atom. The Morgan fingerprint density at radius 1 is 1.42 bits per heavy atom. The minimum atomic E-state index is 0.266. The molecular formula is C15H20BrN3. The van der Waals surface area contributed by atoms with Crippen molar-refractivity contribution in [3.8, 4) is 0 Å². The van der Waals surface area contributed by atoms with Crippen molar-refractivity contribution < 1.29 is 0 Å². The molecule has 1 aromatic heterocycles. The van der Waals surface area contributed by atoms with Crippen LogP contribution in [0.4, 0.5) is 0 Å². The summed E-state index contributed by atoms with van der Waals surface area (Å²) in [7, 11) is 2.00. The van der Waals surface area contributed by atoms with Crippen molar-refractivity contribution in [3.05, 3.63) is 52.0 Å². The third-order valence-electron chi connectivity index (χ3n) is 3.41. The van der Waals surface area contributed by atoms with Crippen molar-refractivity contribution >= 4 is 15.9 Å². The van der Waals surface area contributed by atoms with Gasteiger partial charge in [0.1, 0.15) is 5.82 Å².